The number of methoxy groups -OCH3 is 1. The summed E-state index contributed by atoms with van der Waals surface area (Å²) in [5.41, 5.74) is 0.664. The Morgan fingerprint density at radius 1 is 1.54 bits per heavy atom. The molecule has 0 saturated heterocycles. The third-order valence-corrected chi connectivity index (χ3v) is 1.79. The summed E-state index contributed by atoms with van der Waals surface area (Å²) in [5, 5.41) is 13.1. The minimum Gasteiger partial charge on any atom is -0.497 e. The van der Waals surface area contributed by atoms with Gasteiger partial charge in [-0.15, -0.1) is 0 Å². The molecule has 1 heterocycles. The van der Waals surface area contributed by atoms with Crippen molar-refractivity contribution in [1.82, 2.24) is 5.16 Å². The molecular weight excluding hydrogens is 168 g/mol. The zero-order chi connectivity index (χ0) is 9.26. The van der Waals surface area contributed by atoms with E-state index in [1.54, 1.807) is 25.3 Å². The predicted octanol–water partition coefficient (Wildman–Crippen LogP) is 1.71. The SMILES string of the molecule is COc1ccc2noc(C#N)c2c1. The summed E-state index contributed by atoms with van der Waals surface area (Å²) in [6.45, 7) is 0. The number of fused-ring (bicyclic) bond motifs is 1. The van der Waals surface area contributed by atoms with E-state index < -0.39 is 0 Å². The highest BCUT2D eigenvalue weighted by Crippen LogP contribution is 2.22. The molecule has 2 aromatic rings. The molecule has 0 N–H and O–H groups in total. The van der Waals surface area contributed by atoms with Crippen LogP contribution in [0.1, 0.15) is 5.76 Å². The number of nitriles is 1. The Morgan fingerprint density at radius 3 is 3.08 bits per heavy atom. The number of ether oxygens (including phenoxy) is 1. The van der Waals surface area contributed by atoms with Crippen LogP contribution in [-0.4, -0.2) is 12.3 Å². The molecule has 0 saturated carbocycles. The molecule has 1 aromatic heterocycles. The van der Waals surface area contributed by atoms with Crippen LogP contribution in [0, 0.1) is 11.3 Å². The van der Waals surface area contributed by atoms with Crippen LogP contribution in [0.25, 0.3) is 10.9 Å². The molecule has 4 heteroatoms. The fourth-order valence-electron chi connectivity index (χ4n) is 1.13. The van der Waals surface area contributed by atoms with Crippen LogP contribution in [-0.2, 0) is 0 Å². The van der Waals surface area contributed by atoms with Gasteiger partial charge in [0.05, 0.1) is 12.5 Å². The maximum Gasteiger partial charge on any atom is 0.244 e. The molecule has 0 unspecified atom stereocenters. The van der Waals surface area contributed by atoms with Gasteiger partial charge in [0.15, 0.2) is 0 Å². The van der Waals surface area contributed by atoms with Crippen LogP contribution >= 0.6 is 0 Å². The lowest BCUT2D eigenvalue weighted by atomic mass is 10.2. The van der Waals surface area contributed by atoms with Gasteiger partial charge in [0.25, 0.3) is 0 Å². The van der Waals surface area contributed by atoms with E-state index in [0.29, 0.717) is 16.7 Å². The molecule has 0 aliphatic carbocycles. The molecule has 2 rings (SSSR count). The Kier molecular flexibility index (Phi) is 1.64. The van der Waals surface area contributed by atoms with Gasteiger partial charge in [-0.3, -0.25) is 0 Å². The molecule has 0 aliphatic heterocycles. The summed E-state index contributed by atoms with van der Waals surface area (Å²) < 4.78 is 9.81. The Morgan fingerprint density at radius 2 is 2.38 bits per heavy atom. The Hall–Kier alpha value is -2.02. The normalized spacial score (nSPS) is 9.85. The second kappa shape index (κ2) is 2.79. The van der Waals surface area contributed by atoms with Crippen LogP contribution in [0.15, 0.2) is 22.7 Å². The van der Waals surface area contributed by atoms with Gasteiger partial charge < -0.3 is 9.26 Å². The number of hydrogen-bond acceptors (Lipinski definition) is 4. The summed E-state index contributed by atoms with van der Waals surface area (Å²) in [6, 6.07) is 7.16. The fourth-order valence-corrected chi connectivity index (χ4v) is 1.13. The molecule has 0 amide bonds. The number of aromatic nitrogens is 1. The van der Waals surface area contributed by atoms with Crippen molar-refractivity contribution in [3.63, 3.8) is 0 Å². The van der Waals surface area contributed by atoms with E-state index in [0.717, 1.165) is 0 Å². The molecule has 0 atom stereocenters. The van der Waals surface area contributed by atoms with Gasteiger partial charge in [-0.05, 0) is 18.2 Å². The molecule has 0 fully saturated rings. The first kappa shape index (κ1) is 7.62. The van der Waals surface area contributed by atoms with Gasteiger partial charge in [0.2, 0.25) is 5.76 Å². The van der Waals surface area contributed by atoms with Crippen molar-refractivity contribution in [2.75, 3.05) is 7.11 Å². The highest BCUT2D eigenvalue weighted by Gasteiger charge is 2.07. The van der Waals surface area contributed by atoms with Crippen molar-refractivity contribution in [1.29, 1.82) is 5.26 Å². The Labute approximate surface area is 74.3 Å². The van der Waals surface area contributed by atoms with Crippen LogP contribution in [0.5, 0.6) is 5.75 Å². The quantitative estimate of drug-likeness (QED) is 0.660. The molecule has 0 spiro atoms. The van der Waals surface area contributed by atoms with Gasteiger partial charge in [-0.1, -0.05) is 5.16 Å². The predicted molar refractivity (Wildman–Crippen MR) is 45.3 cm³/mol. The number of hydrogen-bond donors (Lipinski definition) is 0. The van der Waals surface area contributed by atoms with Crippen LogP contribution in [0.4, 0.5) is 0 Å². The van der Waals surface area contributed by atoms with E-state index in [9.17, 15) is 0 Å². The van der Waals surface area contributed by atoms with Crippen molar-refractivity contribution in [2.45, 2.75) is 0 Å². The molecule has 4 nitrogen and oxygen atoms in total. The molecule has 0 aliphatic rings. The van der Waals surface area contributed by atoms with Crippen molar-refractivity contribution < 1.29 is 9.26 Å². The number of rotatable bonds is 1. The number of nitrogens with zero attached hydrogens (tertiary/aromatic N) is 2. The maximum absolute atomic E-state index is 8.66. The second-order valence-corrected chi connectivity index (χ2v) is 2.51. The third kappa shape index (κ3) is 1.11. The Balaban J connectivity index is 2.73. The molecule has 13 heavy (non-hydrogen) atoms. The smallest absolute Gasteiger partial charge is 0.244 e. The monoisotopic (exact) mass is 174 g/mol. The lowest BCUT2D eigenvalue weighted by molar-refractivity contribution is 0.415. The topological polar surface area (TPSA) is 59.1 Å². The van der Waals surface area contributed by atoms with E-state index in [-0.39, 0.29) is 5.76 Å². The first-order chi connectivity index (χ1) is 6.35. The molecular formula is C9H6N2O2. The van der Waals surface area contributed by atoms with Gasteiger partial charge in [-0.2, -0.15) is 5.26 Å². The van der Waals surface area contributed by atoms with E-state index in [2.05, 4.69) is 5.16 Å². The van der Waals surface area contributed by atoms with E-state index in [1.165, 1.54) is 0 Å². The second-order valence-electron chi connectivity index (χ2n) is 2.51. The van der Waals surface area contributed by atoms with Crippen molar-refractivity contribution in [3.05, 3.63) is 24.0 Å². The lowest BCUT2D eigenvalue weighted by Gasteiger charge is -1.96. The zero-order valence-corrected chi connectivity index (χ0v) is 6.94. The summed E-state index contributed by atoms with van der Waals surface area (Å²) in [7, 11) is 1.57. The lowest BCUT2D eigenvalue weighted by Crippen LogP contribution is -1.81. The molecule has 0 bridgehead atoms. The minimum atomic E-state index is 0.217. The fraction of sp³-hybridized carbons (Fsp3) is 0.111. The average Bonchev–Trinajstić information content (AvgIpc) is 2.59. The highest BCUT2D eigenvalue weighted by molar-refractivity contribution is 5.83. The maximum atomic E-state index is 8.66. The zero-order valence-electron chi connectivity index (χ0n) is 6.94. The molecule has 0 radical (unpaired) electrons. The first-order valence-electron chi connectivity index (χ1n) is 3.68. The van der Waals surface area contributed by atoms with Gasteiger partial charge >= 0.3 is 0 Å². The third-order valence-electron chi connectivity index (χ3n) is 1.79. The van der Waals surface area contributed by atoms with Gasteiger partial charge in [0.1, 0.15) is 17.3 Å². The van der Waals surface area contributed by atoms with E-state index in [4.69, 9.17) is 14.5 Å². The van der Waals surface area contributed by atoms with E-state index >= 15 is 0 Å². The average molecular weight is 174 g/mol. The summed E-state index contributed by atoms with van der Waals surface area (Å²) in [4.78, 5) is 0. The standard InChI is InChI=1S/C9H6N2O2/c1-12-6-2-3-8-7(4-6)9(5-10)13-11-8/h2-4H,1H3. The minimum absolute atomic E-state index is 0.217. The van der Waals surface area contributed by atoms with E-state index in [1.807, 2.05) is 6.07 Å². The van der Waals surface area contributed by atoms with Crippen LogP contribution in [0.2, 0.25) is 0 Å². The highest BCUT2D eigenvalue weighted by atomic mass is 16.5. The summed E-state index contributed by atoms with van der Waals surface area (Å²) >= 11 is 0. The summed E-state index contributed by atoms with van der Waals surface area (Å²) in [6.07, 6.45) is 0. The van der Waals surface area contributed by atoms with Crippen molar-refractivity contribution >= 4 is 10.9 Å². The van der Waals surface area contributed by atoms with Gasteiger partial charge in [-0.25, -0.2) is 0 Å². The Bertz CT molecular complexity index is 482. The number of benzene rings is 1. The van der Waals surface area contributed by atoms with Crippen molar-refractivity contribution in [2.24, 2.45) is 0 Å². The molecule has 64 valence electrons. The van der Waals surface area contributed by atoms with Crippen LogP contribution in [0.3, 0.4) is 0 Å². The largest absolute Gasteiger partial charge is 0.497 e. The molecule has 1 aromatic carbocycles. The van der Waals surface area contributed by atoms with Gasteiger partial charge in [0, 0.05) is 0 Å². The van der Waals surface area contributed by atoms with Crippen LogP contribution < -0.4 is 4.74 Å². The van der Waals surface area contributed by atoms with Crippen molar-refractivity contribution in [3.8, 4) is 11.8 Å². The summed E-state index contributed by atoms with van der Waals surface area (Å²) in [5.74, 6) is 0.904. The first-order valence-corrected chi connectivity index (χ1v) is 3.68.